The van der Waals surface area contributed by atoms with E-state index >= 15 is 0 Å². The molecule has 1 saturated heterocycles. The summed E-state index contributed by atoms with van der Waals surface area (Å²) in [5.74, 6) is 1.96. The molecular formula is C12H22ClNOS. The van der Waals surface area contributed by atoms with E-state index in [9.17, 15) is 4.79 Å². The highest BCUT2D eigenvalue weighted by Gasteiger charge is 2.28. The summed E-state index contributed by atoms with van der Waals surface area (Å²) in [6, 6.07) is 0. The largest absolute Gasteiger partial charge is 0.355 e. The lowest BCUT2D eigenvalue weighted by Gasteiger charge is -2.29. The smallest absolute Gasteiger partial charge is 0.233 e. The molecular weight excluding hydrogens is 242 g/mol. The Morgan fingerprint density at radius 1 is 1.50 bits per heavy atom. The first-order valence-corrected chi connectivity index (χ1v) is 7.71. The molecule has 0 aromatic carbocycles. The molecule has 1 fully saturated rings. The molecule has 1 atom stereocenters. The molecule has 4 heteroatoms. The zero-order chi connectivity index (χ0) is 12.0. The van der Waals surface area contributed by atoms with Gasteiger partial charge in [0.2, 0.25) is 5.91 Å². The van der Waals surface area contributed by atoms with E-state index in [1.165, 1.54) is 6.42 Å². The lowest BCUT2D eigenvalue weighted by molar-refractivity contribution is -0.121. The number of alkyl halides is 1. The van der Waals surface area contributed by atoms with Crippen LogP contribution in [0.15, 0.2) is 0 Å². The van der Waals surface area contributed by atoms with Gasteiger partial charge < -0.3 is 5.32 Å². The van der Waals surface area contributed by atoms with Crippen LogP contribution in [0.4, 0.5) is 0 Å². The molecule has 0 bridgehead atoms. The second-order valence-electron chi connectivity index (χ2n) is 4.56. The summed E-state index contributed by atoms with van der Waals surface area (Å²) in [5.41, 5.74) is 0.0838. The summed E-state index contributed by atoms with van der Waals surface area (Å²) in [5, 5.41) is 3.26. The third-order valence-corrected chi connectivity index (χ3v) is 5.59. The van der Waals surface area contributed by atoms with Gasteiger partial charge in [-0.3, -0.25) is 4.79 Å². The fourth-order valence-corrected chi connectivity index (χ4v) is 3.57. The van der Waals surface area contributed by atoms with Crippen molar-refractivity contribution in [3.8, 4) is 0 Å². The maximum absolute atomic E-state index is 11.9. The number of carbonyl (C=O) groups is 1. The molecule has 0 radical (unpaired) electrons. The van der Waals surface area contributed by atoms with Crippen molar-refractivity contribution in [3.05, 3.63) is 0 Å². The molecule has 1 aliphatic rings. The Labute approximate surface area is 108 Å². The van der Waals surface area contributed by atoms with E-state index < -0.39 is 0 Å². The van der Waals surface area contributed by atoms with Gasteiger partial charge in [0.1, 0.15) is 0 Å². The van der Waals surface area contributed by atoms with Gasteiger partial charge in [-0.25, -0.2) is 0 Å². The molecule has 1 aliphatic heterocycles. The number of carbonyl (C=O) groups excluding carboxylic acids is 1. The van der Waals surface area contributed by atoms with Crippen molar-refractivity contribution in [1.29, 1.82) is 0 Å². The number of hydrogen-bond acceptors (Lipinski definition) is 2. The van der Waals surface area contributed by atoms with E-state index in [2.05, 4.69) is 19.2 Å². The Morgan fingerprint density at radius 2 is 2.19 bits per heavy atom. The van der Waals surface area contributed by atoms with E-state index in [1.807, 2.05) is 0 Å². The molecule has 1 heterocycles. The van der Waals surface area contributed by atoms with E-state index in [0.717, 1.165) is 31.6 Å². The number of rotatable bonds is 6. The van der Waals surface area contributed by atoms with Crippen LogP contribution in [0.3, 0.4) is 0 Å². The van der Waals surface area contributed by atoms with Gasteiger partial charge in [0.05, 0.1) is 5.25 Å². The van der Waals surface area contributed by atoms with Gasteiger partial charge in [0, 0.05) is 17.8 Å². The summed E-state index contributed by atoms with van der Waals surface area (Å²) in [4.78, 5) is 11.9. The summed E-state index contributed by atoms with van der Waals surface area (Å²) in [6.45, 7) is 5.00. The number of amides is 1. The van der Waals surface area contributed by atoms with Gasteiger partial charge in [-0.15, -0.1) is 23.4 Å². The minimum Gasteiger partial charge on any atom is -0.355 e. The Hall–Kier alpha value is 0.110. The predicted molar refractivity (Wildman–Crippen MR) is 72.2 cm³/mol. The zero-order valence-corrected chi connectivity index (χ0v) is 11.8. The lowest BCUT2D eigenvalue weighted by Crippen LogP contribution is -2.41. The lowest BCUT2D eigenvalue weighted by atomic mass is 9.84. The van der Waals surface area contributed by atoms with Crippen molar-refractivity contribution in [2.24, 2.45) is 5.41 Å². The van der Waals surface area contributed by atoms with Crippen molar-refractivity contribution < 1.29 is 4.79 Å². The van der Waals surface area contributed by atoms with Crippen molar-refractivity contribution in [2.75, 3.05) is 18.2 Å². The van der Waals surface area contributed by atoms with Crippen LogP contribution < -0.4 is 5.32 Å². The molecule has 1 rings (SSSR count). The van der Waals surface area contributed by atoms with Gasteiger partial charge >= 0.3 is 0 Å². The van der Waals surface area contributed by atoms with Gasteiger partial charge in [0.25, 0.3) is 0 Å². The highest BCUT2D eigenvalue weighted by Crippen LogP contribution is 2.29. The molecule has 1 unspecified atom stereocenters. The van der Waals surface area contributed by atoms with E-state index in [1.54, 1.807) is 11.8 Å². The molecule has 1 N–H and O–H groups in total. The van der Waals surface area contributed by atoms with Gasteiger partial charge in [-0.05, 0) is 31.4 Å². The predicted octanol–water partition coefficient (Wildman–Crippen LogP) is 3.04. The van der Waals surface area contributed by atoms with Crippen LogP contribution in [0.5, 0.6) is 0 Å². The Bertz CT molecular complexity index is 217. The third kappa shape index (κ3) is 3.56. The minimum absolute atomic E-state index is 0.0838. The quantitative estimate of drug-likeness (QED) is 0.747. The highest BCUT2D eigenvalue weighted by atomic mass is 35.5. The molecule has 1 amide bonds. The van der Waals surface area contributed by atoms with Crippen LogP contribution in [0, 0.1) is 5.41 Å². The van der Waals surface area contributed by atoms with Crippen molar-refractivity contribution in [3.63, 3.8) is 0 Å². The first kappa shape index (κ1) is 14.2. The van der Waals surface area contributed by atoms with Crippen LogP contribution in [0.25, 0.3) is 0 Å². The summed E-state index contributed by atoms with van der Waals surface area (Å²) >= 11 is 7.79. The molecule has 0 aliphatic carbocycles. The monoisotopic (exact) mass is 263 g/mol. The number of thioether (sulfide) groups is 1. The topological polar surface area (TPSA) is 29.1 Å². The third-order valence-electron chi connectivity index (χ3n) is 3.64. The van der Waals surface area contributed by atoms with Crippen molar-refractivity contribution in [2.45, 2.75) is 44.8 Å². The molecule has 0 saturated carbocycles. The second kappa shape index (κ2) is 6.75. The molecule has 0 aromatic heterocycles. The number of nitrogens with one attached hydrogen (secondary N) is 1. The fraction of sp³-hybridized carbons (Fsp3) is 0.917. The average Bonchev–Trinajstić information content (AvgIpc) is 2.85. The number of hydrogen-bond donors (Lipinski definition) is 1. The SMILES string of the molecule is CCC(CC)(CCl)CNC(=O)C1CCCS1. The van der Waals surface area contributed by atoms with Crippen LogP contribution >= 0.6 is 23.4 Å². The zero-order valence-electron chi connectivity index (χ0n) is 10.2. The molecule has 0 spiro atoms. The Kier molecular flexibility index (Phi) is 5.98. The van der Waals surface area contributed by atoms with Gasteiger partial charge in [0.15, 0.2) is 0 Å². The van der Waals surface area contributed by atoms with Gasteiger partial charge in [-0.2, -0.15) is 0 Å². The molecule has 16 heavy (non-hydrogen) atoms. The van der Waals surface area contributed by atoms with Crippen molar-refractivity contribution >= 4 is 29.3 Å². The highest BCUT2D eigenvalue weighted by molar-refractivity contribution is 8.00. The van der Waals surface area contributed by atoms with Crippen LogP contribution in [0.2, 0.25) is 0 Å². The first-order chi connectivity index (χ1) is 7.67. The second-order valence-corrected chi connectivity index (χ2v) is 6.14. The Morgan fingerprint density at radius 3 is 2.62 bits per heavy atom. The Balaban J connectivity index is 2.39. The summed E-state index contributed by atoms with van der Waals surface area (Å²) in [6.07, 6.45) is 4.24. The minimum atomic E-state index is 0.0838. The maximum Gasteiger partial charge on any atom is 0.233 e. The summed E-state index contributed by atoms with van der Waals surface area (Å²) < 4.78 is 0. The molecule has 94 valence electrons. The fourth-order valence-electron chi connectivity index (χ4n) is 1.91. The first-order valence-electron chi connectivity index (χ1n) is 6.12. The van der Waals surface area contributed by atoms with E-state index in [-0.39, 0.29) is 16.6 Å². The van der Waals surface area contributed by atoms with E-state index in [4.69, 9.17) is 11.6 Å². The summed E-state index contributed by atoms with van der Waals surface area (Å²) in [7, 11) is 0. The number of halogens is 1. The van der Waals surface area contributed by atoms with Crippen LogP contribution in [0.1, 0.15) is 39.5 Å². The van der Waals surface area contributed by atoms with Crippen LogP contribution in [-0.2, 0) is 4.79 Å². The van der Waals surface area contributed by atoms with Gasteiger partial charge in [-0.1, -0.05) is 13.8 Å². The molecule has 2 nitrogen and oxygen atoms in total. The standard InChI is InChI=1S/C12H22ClNOS/c1-3-12(4-2,8-13)9-14-11(15)10-6-5-7-16-10/h10H,3-9H2,1-2H3,(H,14,15). The maximum atomic E-state index is 11.9. The average molecular weight is 264 g/mol. The molecule has 0 aromatic rings. The van der Waals surface area contributed by atoms with Crippen molar-refractivity contribution in [1.82, 2.24) is 5.32 Å². The normalized spacial score (nSPS) is 21.1. The van der Waals surface area contributed by atoms with Crippen LogP contribution in [-0.4, -0.2) is 29.3 Å². The van der Waals surface area contributed by atoms with E-state index in [0.29, 0.717) is 5.88 Å².